The predicted octanol–water partition coefficient (Wildman–Crippen LogP) is 5.45. The molecule has 4 rings (SSSR count). The van der Waals surface area contributed by atoms with Gasteiger partial charge in [-0.05, 0) is 63.8 Å². The molecule has 2 heterocycles. The van der Waals surface area contributed by atoms with E-state index in [1.807, 2.05) is 23.3 Å². The van der Waals surface area contributed by atoms with Crippen LogP contribution in [0.3, 0.4) is 0 Å². The van der Waals surface area contributed by atoms with Gasteiger partial charge in [-0.25, -0.2) is 4.98 Å². The summed E-state index contributed by atoms with van der Waals surface area (Å²) in [5.41, 5.74) is 1.62. The summed E-state index contributed by atoms with van der Waals surface area (Å²) in [6, 6.07) is 4.47. The molecule has 34 heavy (non-hydrogen) atoms. The number of carbonyl (C=O) groups is 2. The van der Waals surface area contributed by atoms with Crippen LogP contribution < -0.4 is 10.6 Å². The maximum atomic E-state index is 13.9. The number of hydrogen-bond acceptors (Lipinski definition) is 5. The summed E-state index contributed by atoms with van der Waals surface area (Å²) in [5, 5.41) is 10.1. The van der Waals surface area contributed by atoms with Crippen molar-refractivity contribution in [1.82, 2.24) is 20.5 Å². The lowest BCUT2D eigenvalue weighted by Gasteiger charge is -2.35. The van der Waals surface area contributed by atoms with Gasteiger partial charge in [0.25, 0.3) is 0 Å². The first-order valence-electron chi connectivity index (χ1n) is 12.1. The van der Waals surface area contributed by atoms with E-state index in [9.17, 15) is 9.59 Å². The first-order chi connectivity index (χ1) is 16.4. The zero-order chi connectivity index (χ0) is 24.2. The minimum atomic E-state index is -0.491. The van der Waals surface area contributed by atoms with Gasteiger partial charge in [-0.3, -0.25) is 9.59 Å². The van der Waals surface area contributed by atoms with Gasteiger partial charge in [0.15, 0.2) is 0 Å². The van der Waals surface area contributed by atoms with E-state index in [0.29, 0.717) is 16.6 Å². The number of amides is 2. The van der Waals surface area contributed by atoms with Crippen LogP contribution in [0.5, 0.6) is 0 Å². The average molecular weight is 524 g/mol. The maximum absolute atomic E-state index is 13.9. The van der Waals surface area contributed by atoms with Gasteiger partial charge in [-0.1, -0.05) is 42.5 Å². The lowest BCUT2D eigenvalue weighted by molar-refractivity contribution is -0.139. The lowest BCUT2D eigenvalue weighted by atomic mass is 9.83. The molecule has 1 aliphatic carbocycles. The van der Waals surface area contributed by atoms with Gasteiger partial charge in [0, 0.05) is 22.5 Å². The largest absolute Gasteiger partial charge is 0.343 e. The molecule has 3 atom stereocenters. The van der Waals surface area contributed by atoms with E-state index in [4.69, 9.17) is 28.2 Å². The van der Waals surface area contributed by atoms with E-state index in [0.717, 1.165) is 54.8 Å². The summed E-state index contributed by atoms with van der Waals surface area (Å²) < 4.78 is 0. The molecule has 1 aromatic heterocycles. The number of aromatic nitrogens is 1. The van der Waals surface area contributed by atoms with Crippen molar-refractivity contribution in [1.29, 1.82) is 0 Å². The minimum absolute atomic E-state index is 0.0207. The van der Waals surface area contributed by atoms with E-state index in [2.05, 4.69) is 10.6 Å². The quantitative estimate of drug-likeness (QED) is 0.506. The molecule has 2 aliphatic rings. The Hall–Kier alpha value is -1.67. The summed E-state index contributed by atoms with van der Waals surface area (Å²) in [4.78, 5) is 33.4. The molecule has 1 aromatic carbocycles. The molecule has 9 heteroatoms. The Balaban J connectivity index is 1.56. The second kappa shape index (κ2) is 11.4. The summed E-state index contributed by atoms with van der Waals surface area (Å²) in [5.74, 6) is 0.0682. The molecular formula is C25H32Cl2N4O2S. The molecular weight excluding hydrogens is 491 g/mol. The van der Waals surface area contributed by atoms with Crippen molar-refractivity contribution >= 4 is 46.4 Å². The van der Waals surface area contributed by atoms with Gasteiger partial charge in [0.05, 0.1) is 22.8 Å². The highest BCUT2D eigenvalue weighted by Crippen LogP contribution is 2.39. The second-order valence-corrected chi connectivity index (χ2v) is 11.0. The fourth-order valence-corrected chi connectivity index (χ4v) is 6.46. The average Bonchev–Trinajstić information content (AvgIpc) is 3.52. The highest BCUT2D eigenvalue weighted by Gasteiger charge is 2.40. The number of thiazole rings is 1. The van der Waals surface area contributed by atoms with E-state index in [1.165, 1.54) is 6.42 Å². The number of nitrogens with zero attached hydrogens (tertiary/aromatic N) is 2. The third kappa shape index (κ3) is 5.59. The number of benzene rings is 1. The standard InChI is InChI=1S/C25H32Cl2N4O2S/c1-15(28-2)23(32)30-22(16-7-4-3-5-8-16)25(33)31-12-6-9-21(31)24-29-20(14-34-24)18-11-10-17(26)13-19(18)27/h10-11,13-16,21-22,28H,3-9,12H2,1-2H3,(H,30,32)/t15-,21-,22-/m0/s1. The molecule has 0 bridgehead atoms. The van der Waals surface area contributed by atoms with Crippen LogP contribution >= 0.6 is 34.5 Å². The van der Waals surface area contributed by atoms with Crippen molar-refractivity contribution in [3.05, 3.63) is 38.6 Å². The fraction of sp³-hybridized carbons (Fsp3) is 0.560. The van der Waals surface area contributed by atoms with Gasteiger partial charge in [0.2, 0.25) is 11.8 Å². The first-order valence-corrected chi connectivity index (χ1v) is 13.7. The number of likely N-dealkylation sites (tertiary alicyclic amines) is 1. The van der Waals surface area contributed by atoms with Crippen molar-refractivity contribution in [2.75, 3.05) is 13.6 Å². The Morgan fingerprint density at radius 1 is 1.15 bits per heavy atom. The number of likely N-dealkylation sites (N-methyl/N-ethyl adjacent to an activating group) is 1. The number of nitrogens with one attached hydrogen (secondary N) is 2. The van der Waals surface area contributed by atoms with E-state index in [-0.39, 0.29) is 29.8 Å². The minimum Gasteiger partial charge on any atom is -0.343 e. The zero-order valence-corrected chi connectivity index (χ0v) is 22.0. The molecule has 1 aliphatic heterocycles. The van der Waals surface area contributed by atoms with Crippen LogP contribution in [-0.2, 0) is 9.59 Å². The molecule has 2 amide bonds. The highest BCUT2D eigenvalue weighted by atomic mass is 35.5. The van der Waals surface area contributed by atoms with Crippen molar-refractivity contribution in [3.63, 3.8) is 0 Å². The van der Waals surface area contributed by atoms with Gasteiger partial charge < -0.3 is 15.5 Å². The molecule has 2 aromatic rings. The summed E-state index contributed by atoms with van der Waals surface area (Å²) in [6.45, 7) is 2.50. The summed E-state index contributed by atoms with van der Waals surface area (Å²) in [6.07, 6.45) is 7.13. The first kappa shape index (κ1) is 25.4. The molecule has 2 N–H and O–H groups in total. The monoisotopic (exact) mass is 522 g/mol. The number of rotatable bonds is 7. The van der Waals surface area contributed by atoms with E-state index >= 15 is 0 Å². The molecule has 0 unspecified atom stereocenters. The zero-order valence-electron chi connectivity index (χ0n) is 19.7. The van der Waals surface area contributed by atoms with Crippen molar-refractivity contribution in [2.45, 2.75) is 70.0 Å². The number of halogens is 2. The predicted molar refractivity (Wildman–Crippen MR) is 138 cm³/mol. The smallest absolute Gasteiger partial charge is 0.246 e. The van der Waals surface area contributed by atoms with Crippen molar-refractivity contribution in [3.8, 4) is 11.3 Å². The summed E-state index contributed by atoms with van der Waals surface area (Å²) >= 11 is 14.0. The number of hydrogen-bond donors (Lipinski definition) is 2. The van der Waals surface area contributed by atoms with Gasteiger partial charge in [0.1, 0.15) is 11.0 Å². The molecule has 6 nitrogen and oxygen atoms in total. The Bertz CT molecular complexity index is 1020. The molecule has 0 radical (unpaired) electrons. The molecule has 184 valence electrons. The molecule has 1 saturated carbocycles. The third-order valence-corrected chi connectivity index (χ3v) is 8.56. The Morgan fingerprint density at radius 2 is 1.91 bits per heavy atom. The maximum Gasteiger partial charge on any atom is 0.246 e. The molecule has 1 saturated heterocycles. The summed E-state index contributed by atoms with van der Waals surface area (Å²) in [7, 11) is 1.76. The van der Waals surface area contributed by atoms with E-state index in [1.54, 1.807) is 30.5 Å². The lowest BCUT2D eigenvalue weighted by Crippen LogP contribution is -2.55. The van der Waals surface area contributed by atoms with Gasteiger partial charge in [-0.15, -0.1) is 11.3 Å². The van der Waals surface area contributed by atoms with Gasteiger partial charge >= 0.3 is 0 Å². The van der Waals surface area contributed by atoms with Crippen molar-refractivity contribution < 1.29 is 9.59 Å². The molecule has 0 spiro atoms. The van der Waals surface area contributed by atoms with E-state index < -0.39 is 6.04 Å². The van der Waals surface area contributed by atoms with Crippen LogP contribution in [0.4, 0.5) is 0 Å². The topological polar surface area (TPSA) is 74.3 Å². The Labute approximate surface area is 215 Å². The molecule has 2 fully saturated rings. The van der Waals surface area contributed by atoms with Crippen LogP contribution in [0.25, 0.3) is 11.3 Å². The number of carbonyl (C=O) groups excluding carboxylic acids is 2. The third-order valence-electron chi connectivity index (χ3n) is 7.06. The Kier molecular flexibility index (Phi) is 8.51. The van der Waals surface area contributed by atoms with Gasteiger partial charge in [-0.2, -0.15) is 0 Å². The van der Waals surface area contributed by atoms with Crippen LogP contribution in [-0.4, -0.2) is 47.4 Å². The highest BCUT2D eigenvalue weighted by molar-refractivity contribution is 7.10. The van der Waals surface area contributed by atoms with Crippen LogP contribution in [0.1, 0.15) is 62.9 Å². The van der Waals surface area contributed by atoms with Crippen molar-refractivity contribution in [2.24, 2.45) is 5.92 Å². The SMILES string of the molecule is CN[C@@H](C)C(=O)N[C@H](C(=O)N1CCC[C@H]1c1nc(-c2ccc(Cl)cc2Cl)cs1)C1CCCCC1. The Morgan fingerprint density at radius 3 is 2.62 bits per heavy atom. The van der Waals surface area contributed by atoms with Crippen LogP contribution in [0.15, 0.2) is 23.6 Å². The van der Waals surface area contributed by atoms with Crippen LogP contribution in [0.2, 0.25) is 10.0 Å². The fourth-order valence-electron chi connectivity index (χ4n) is 4.99. The second-order valence-electron chi connectivity index (χ2n) is 9.28. The van der Waals surface area contributed by atoms with Crippen LogP contribution in [0, 0.1) is 5.92 Å². The normalized spacial score (nSPS) is 20.8.